The largest absolute Gasteiger partial charge is 0.493 e. The highest BCUT2D eigenvalue weighted by Gasteiger charge is 2.44. The zero-order chi connectivity index (χ0) is 21.8. The van der Waals surface area contributed by atoms with Gasteiger partial charge in [-0.25, -0.2) is 0 Å². The minimum absolute atomic E-state index is 0.0279. The van der Waals surface area contributed by atoms with Gasteiger partial charge in [0, 0.05) is 25.7 Å². The van der Waals surface area contributed by atoms with Crippen LogP contribution >= 0.6 is 0 Å². The van der Waals surface area contributed by atoms with E-state index in [-0.39, 0.29) is 11.9 Å². The lowest BCUT2D eigenvalue weighted by molar-refractivity contribution is -0.141. The quantitative estimate of drug-likeness (QED) is 0.617. The molecule has 6 nitrogen and oxygen atoms in total. The van der Waals surface area contributed by atoms with E-state index in [1.165, 1.54) is 5.56 Å². The van der Waals surface area contributed by atoms with Crippen molar-refractivity contribution >= 4 is 5.91 Å². The van der Waals surface area contributed by atoms with Crippen molar-refractivity contribution in [3.8, 4) is 17.2 Å². The molecule has 0 radical (unpaired) electrons. The predicted octanol–water partition coefficient (Wildman–Crippen LogP) is 3.52. The molecule has 4 rings (SSSR count). The fourth-order valence-corrected chi connectivity index (χ4v) is 4.94. The average Bonchev–Trinajstić information content (AvgIpc) is 3.11. The lowest BCUT2D eigenvalue weighted by atomic mass is 10.1. The molecule has 2 saturated heterocycles. The molecule has 2 fully saturated rings. The molecule has 2 aliphatic heterocycles. The number of fused-ring (bicyclic) bond motifs is 2. The highest BCUT2D eigenvalue weighted by molar-refractivity contribution is 5.83. The van der Waals surface area contributed by atoms with Gasteiger partial charge in [-0.15, -0.1) is 0 Å². The summed E-state index contributed by atoms with van der Waals surface area (Å²) in [7, 11) is 4.87. The first-order chi connectivity index (χ1) is 15.1. The van der Waals surface area contributed by atoms with Crippen LogP contribution in [0.3, 0.4) is 0 Å². The van der Waals surface area contributed by atoms with Crippen LogP contribution in [0.2, 0.25) is 0 Å². The van der Waals surface area contributed by atoms with E-state index in [4.69, 9.17) is 14.2 Å². The van der Waals surface area contributed by atoms with E-state index in [2.05, 4.69) is 34.1 Å². The first-order valence-electron chi connectivity index (χ1n) is 11.0. The van der Waals surface area contributed by atoms with Crippen molar-refractivity contribution < 1.29 is 19.0 Å². The third-order valence-corrected chi connectivity index (χ3v) is 6.50. The molecule has 2 heterocycles. The molecule has 2 aliphatic rings. The van der Waals surface area contributed by atoms with Crippen molar-refractivity contribution in [3.05, 3.63) is 53.6 Å². The van der Waals surface area contributed by atoms with E-state index in [0.29, 0.717) is 23.3 Å². The van der Waals surface area contributed by atoms with Gasteiger partial charge in [-0.3, -0.25) is 9.69 Å². The normalized spacial score (nSPS) is 20.7. The van der Waals surface area contributed by atoms with Crippen LogP contribution in [-0.2, 0) is 17.8 Å². The lowest BCUT2D eigenvalue weighted by Crippen LogP contribution is -2.56. The molecule has 2 unspecified atom stereocenters. The van der Waals surface area contributed by atoms with Crippen LogP contribution in [-0.4, -0.2) is 62.2 Å². The standard InChI is InChI=1S/C25H32N2O4/c1-29-22-14-19(15-23(30-2)24(22)31-3)10-7-13-26-17-20-11-12-21(25(26)28)27(20)16-18-8-5-4-6-9-18/h4-6,8-9,14-15,20-21H,7,10-13,16-17H2,1-3H3. The number of rotatable bonds is 9. The number of ether oxygens (including phenoxy) is 3. The highest BCUT2D eigenvalue weighted by Crippen LogP contribution is 2.38. The Kier molecular flexibility index (Phi) is 6.66. The molecule has 2 aromatic rings. The molecular weight excluding hydrogens is 392 g/mol. The summed E-state index contributed by atoms with van der Waals surface area (Å²) < 4.78 is 16.3. The minimum Gasteiger partial charge on any atom is -0.493 e. The predicted molar refractivity (Wildman–Crippen MR) is 120 cm³/mol. The van der Waals surface area contributed by atoms with Gasteiger partial charge in [-0.1, -0.05) is 30.3 Å². The van der Waals surface area contributed by atoms with Crippen LogP contribution in [0.25, 0.3) is 0 Å². The first-order valence-corrected chi connectivity index (χ1v) is 11.0. The van der Waals surface area contributed by atoms with Gasteiger partial charge in [0.25, 0.3) is 0 Å². The molecule has 0 aliphatic carbocycles. The Bertz CT molecular complexity index is 877. The van der Waals surface area contributed by atoms with Gasteiger partial charge in [0.2, 0.25) is 11.7 Å². The maximum Gasteiger partial charge on any atom is 0.240 e. The molecule has 2 atom stereocenters. The zero-order valence-corrected chi connectivity index (χ0v) is 18.7. The average molecular weight is 425 g/mol. The monoisotopic (exact) mass is 424 g/mol. The number of carbonyl (C=O) groups is 1. The summed E-state index contributed by atoms with van der Waals surface area (Å²) in [6, 6.07) is 14.9. The maximum absolute atomic E-state index is 13.1. The van der Waals surface area contributed by atoms with E-state index in [0.717, 1.165) is 50.9 Å². The van der Waals surface area contributed by atoms with Crippen LogP contribution < -0.4 is 14.2 Å². The van der Waals surface area contributed by atoms with Gasteiger partial charge in [-0.2, -0.15) is 0 Å². The number of hydrogen-bond acceptors (Lipinski definition) is 5. The summed E-state index contributed by atoms with van der Waals surface area (Å²) in [6.07, 6.45) is 3.83. The van der Waals surface area contributed by atoms with Crippen LogP contribution in [0.15, 0.2) is 42.5 Å². The van der Waals surface area contributed by atoms with E-state index < -0.39 is 0 Å². The number of nitrogens with zero attached hydrogens (tertiary/aromatic N) is 2. The van der Waals surface area contributed by atoms with Crippen molar-refractivity contribution in [2.75, 3.05) is 34.4 Å². The fraction of sp³-hybridized carbons (Fsp3) is 0.480. The second kappa shape index (κ2) is 9.60. The Hall–Kier alpha value is -2.73. The second-order valence-electron chi connectivity index (χ2n) is 8.33. The van der Waals surface area contributed by atoms with Crippen molar-refractivity contribution in [1.29, 1.82) is 0 Å². The molecule has 1 amide bonds. The minimum atomic E-state index is 0.0279. The topological polar surface area (TPSA) is 51.2 Å². The molecule has 0 N–H and O–H groups in total. The lowest BCUT2D eigenvalue weighted by Gasteiger charge is -2.40. The van der Waals surface area contributed by atoms with Crippen LogP contribution in [0.5, 0.6) is 17.2 Å². The second-order valence-corrected chi connectivity index (χ2v) is 8.33. The van der Waals surface area contributed by atoms with E-state index in [9.17, 15) is 4.79 Å². The first kappa shape index (κ1) is 21.5. The van der Waals surface area contributed by atoms with Gasteiger partial charge in [0.15, 0.2) is 11.5 Å². The third kappa shape index (κ3) is 4.49. The third-order valence-electron chi connectivity index (χ3n) is 6.50. The zero-order valence-electron chi connectivity index (χ0n) is 18.7. The van der Waals surface area contributed by atoms with Gasteiger partial charge >= 0.3 is 0 Å². The number of hydrogen-bond donors (Lipinski definition) is 0. The summed E-state index contributed by atoms with van der Waals surface area (Å²) >= 11 is 0. The van der Waals surface area contributed by atoms with Crippen molar-refractivity contribution in [2.24, 2.45) is 0 Å². The summed E-state index contributed by atoms with van der Waals surface area (Å²) in [4.78, 5) is 17.6. The number of benzene rings is 2. The van der Waals surface area contributed by atoms with Gasteiger partial charge in [0.05, 0.1) is 27.4 Å². The Morgan fingerprint density at radius 2 is 1.65 bits per heavy atom. The summed E-state index contributed by atoms with van der Waals surface area (Å²) in [6.45, 7) is 2.47. The molecular formula is C25H32N2O4. The molecule has 0 spiro atoms. The van der Waals surface area contributed by atoms with E-state index in [1.807, 2.05) is 18.2 Å². The molecule has 166 valence electrons. The SMILES string of the molecule is COc1cc(CCCN2CC3CCC(C2=O)N3Cc2ccccc2)cc(OC)c1OC. The van der Waals surface area contributed by atoms with Crippen LogP contribution in [0, 0.1) is 0 Å². The molecule has 6 heteroatoms. The molecule has 0 saturated carbocycles. The Balaban J connectivity index is 1.36. The summed E-state index contributed by atoms with van der Waals surface area (Å²) in [5, 5.41) is 0. The van der Waals surface area contributed by atoms with Crippen molar-refractivity contribution in [1.82, 2.24) is 9.80 Å². The molecule has 2 aromatic carbocycles. The highest BCUT2D eigenvalue weighted by atomic mass is 16.5. The van der Waals surface area contributed by atoms with Crippen molar-refractivity contribution in [3.63, 3.8) is 0 Å². The number of piperazine rings is 1. The van der Waals surface area contributed by atoms with Crippen LogP contribution in [0.1, 0.15) is 30.4 Å². The summed E-state index contributed by atoms with van der Waals surface area (Å²) in [5.41, 5.74) is 2.40. The fourth-order valence-electron chi connectivity index (χ4n) is 4.94. The van der Waals surface area contributed by atoms with E-state index in [1.54, 1.807) is 21.3 Å². The molecule has 0 aromatic heterocycles. The summed E-state index contributed by atoms with van der Waals surface area (Å²) in [5.74, 6) is 2.23. The number of amides is 1. The number of methoxy groups -OCH3 is 3. The molecule has 2 bridgehead atoms. The van der Waals surface area contributed by atoms with E-state index >= 15 is 0 Å². The van der Waals surface area contributed by atoms with Crippen molar-refractivity contribution in [2.45, 2.75) is 44.3 Å². The number of likely N-dealkylation sites (tertiary alicyclic amines) is 1. The van der Waals surface area contributed by atoms with Gasteiger partial charge in [-0.05, 0) is 48.9 Å². The maximum atomic E-state index is 13.1. The van der Waals surface area contributed by atoms with Gasteiger partial charge < -0.3 is 19.1 Å². The Labute approximate surface area is 184 Å². The van der Waals surface area contributed by atoms with Crippen LogP contribution in [0.4, 0.5) is 0 Å². The smallest absolute Gasteiger partial charge is 0.240 e. The van der Waals surface area contributed by atoms with Gasteiger partial charge in [0.1, 0.15) is 0 Å². The Morgan fingerprint density at radius 1 is 0.935 bits per heavy atom. The number of aryl methyl sites for hydroxylation is 1. The molecule has 31 heavy (non-hydrogen) atoms. The number of carbonyl (C=O) groups excluding carboxylic acids is 1. The Morgan fingerprint density at radius 3 is 2.29 bits per heavy atom.